The Morgan fingerprint density at radius 3 is 2.38 bits per heavy atom. The lowest BCUT2D eigenvalue weighted by molar-refractivity contribution is -0.161. The first kappa shape index (κ1) is 17.9. The highest BCUT2D eigenvalue weighted by Gasteiger charge is 2.43. The SMILES string of the molecule is Cc1cc(C)cc(NC(=O)C(=O)N2CCN3C(=O)CN(C)C(=O)[C@H]3C2)c1. The van der Waals surface area contributed by atoms with Crippen LogP contribution in [0.3, 0.4) is 0 Å². The van der Waals surface area contributed by atoms with Crippen LogP contribution in [-0.2, 0) is 19.2 Å². The summed E-state index contributed by atoms with van der Waals surface area (Å²) in [5.41, 5.74) is 2.52. The number of fused-ring (bicyclic) bond motifs is 1. The molecule has 0 spiro atoms. The predicted molar refractivity (Wildman–Crippen MR) is 94.3 cm³/mol. The number of anilines is 1. The quantitative estimate of drug-likeness (QED) is 0.701. The smallest absolute Gasteiger partial charge is 0.313 e. The zero-order valence-corrected chi connectivity index (χ0v) is 15.1. The van der Waals surface area contributed by atoms with E-state index in [0.717, 1.165) is 11.1 Å². The van der Waals surface area contributed by atoms with Gasteiger partial charge >= 0.3 is 11.8 Å². The summed E-state index contributed by atoms with van der Waals surface area (Å²) in [5.74, 6) is -1.79. The summed E-state index contributed by atoms with van der Waals surface area (Å²) in [5, 5.41) is 2.62. The fourth-order valence-corrected chi connectivity index (χ4v) is 3.48. The highest BCUT2D eigenvalue weighted by Crippen LogP contribution is 2.18. The van der Waals surface area contributed by atoms with Gasteiger partial charge in [0.25, 0.3) is 0 Å². The third-order valence-corrected chi connectivity index (χ3v) is 4.70. The van der Waals surface area contributed by atoms with Gasteiger partial charge in [0, 0.05) is 25.8 Å². The lowest BCUT2D eigenvalue weighted by Gasteiger charge is -2.44. The molecule has 0 unspecified atom stereocenters. The van der Waals surface area contributed by atoms with Gasteiger partial charge in [0.05, 0.1) is 13.1 Å². The number of nitrogens with zero attached hydrogens (tertiary/aromatic N) is 3. The van der Waals surface area contributed by atoms with Gasteiger partial charge in [0.1, 0.15) is 6.04 Å². The molecule has 1 aromatic rings. The zero-order chi connectivity index (χ0) is 19.0. The summed E-state index contributed by atoms with van der Waals surface area (Å²) < 4.78 is 0. The molecule has 26 heavy (non-hydrogen) atoms. The Morgan fingerprint density at radius 2 is 1.73 bits per heavy atom. The summed E-state index contributed by atoms with van der Waals surface area (Å²) >= 11 is 0. The average Bonchev–Trinajstić information content (AvgIpc) is 2.57. The molecule has 3 rings (SSSR count). The van der Waals surface area contributed by atoms with Crippen LogP contribution in [0, 0.1) is 13.8 Å². The van der Waals surface area contributed by atoms with Gasteiger partial charge in [-0.05, 0) is 37.1 Å². The molecule has 2 aliphatic heterocycles. The minimum absolute atomic E-state index is 0.0357. The lowest BCUT2D eigenvalue weighted by Crippen LogP contribution is -2.67. The summed E-state index contributed by atoms with van der Waals surface area (Å²) in [7, 11) is 1.56. The van der Waals surface area contributed by atoms with E-state index in [4.69, 9.17) is 0 Å². The van der Waals surface area contributed by atoms with Crippen LogP contribution in [0.5, 0.6) is 0 Å². The van der Waals surface area contributed by atoms with Gasteiger partial charge in [0.2, 0.25) is 11.8 Å². The second-order valence-electron chi connectivity index (χ2n) is 6.88. The van der Waals surface area contributed by atoms with Crippen molar-refractivity contribution >= 4 is 29.3 Å². The van der Waals surface area contributed by atoms with Crippen LogP contribution in [-0.4, -0.2) is 77.6 Å². The van der Waals surface area contributed by atoms with E-state index in [1.54, 1.807) is 19.2 Å². The topological polar surface area (TPSA) is 90.0 Å². The molecule has 0 aliphatic carbocycles. The van der Waals surface area contributed by atoms with Gasteiger partial charge in [-0.3, -0.25) is 19.2 Å². The Balaban J connectivity index is 1.69. The van der Waals surface area contributed by atoms with Gasteiger partial charge in [-0.1, -0.05) is 6.07 Å². The molecule has 8 nitrogen and oxygen atoms in total. The maximum absolute atomic E-state index is 12.5. The van der Waals surface area contributed by atoms with E-state index in [1.807, 2.05) is 19.9 Å². The molecule has 1 atom stereocenters. The number of nitrogens with one attached hydrogen (secondary N) is 1. The third-order valence-electron chi connectivity index (χ3n) is 4.70. The summed E-state index contributed by atoms with van der Waals surface area (Å²) in [6, 6.07) is 4.83. The second-order valence-corrected chi connectivity index (χ2v) is 6.88. The first-order valence-electron chi connectivity index (χ1n) is 8.49. The van der Waals surface area contributed by atoms with Crippen molar-refractivity contribution < 1.29 is 19.2 Å². The van der Waals surface area contributed by atoms with Crippen LogP contribution in [0.25, 0.3) is 0 Å². The number of rotatable bonds is 1. The van der Waals surface area contributed by atoms with Gasteiger partial charge in [-0.2, -0.15) is 0 Å². The number of likely N-dealkylation sites (N-methyl/N-ethyl adjacent to an activating group) is 1. The monoisotopic (exact) mass is 358 g/mol. The molecule has 0 bridgehead atoms. The lowest BCUT2D eigenvalue weighted by atomic mass is 10.1. The van der Waals surface area contributed by atoms with Gasteiger partial charge < -0.3 is 20.0 Å². The van der Waals surface area contributed by atoms with E-state index in [2.05, 4.69) is 5.32 Å². The number of hydrogen-bond acceptors (Lipinski definition) is 4. The molecular formula is C18H22N4O4. The molecule has 1 N–H and O–H groups in total. The van der Waals surface area contributed by atoms with Crippen molar-refractivity contribution in [2.75, 3.05) is 38.5 Å². The number of aryl methyl sites for hydroxylation is 2. The fourth-order valence-electron chi connectivity index (χ4n) is 3.48. The van der Waals surface area contributed by atoms with Crippen LogP contribution < -0.4 is 5.32 Å². The molecule has 1 aromatic carbocycles. The normalized spacial score (nSPS) is 20.1. The van der Waals surface area contributed by atoms with Crippen LogP contribution in [0.15, 0.2) is 18.2 Å². The second kappa shape index (κ2) is 6.78. The molecule has 2 saturated heterocycles. The summed E-state index contributed by atoms with van der Waals surface area (Å²) in [6.45, 7) is 4.40. The predicted octanol–water partition coefficient (Wildman–Crippen LogP) is -0.247. The van der Waals surface area contributed by atoms with Crippen molar-refractivity contribution in [2.45, 2.75) is 19.9 Å². The van der Waals surface area contributed by atoms with Crippen LogP contribution in [0.1, 0.15) is 11.1 Å². The molecule has 0 aromatic heterocycles. The molecule has 2 fully saturated rings. The number of hydrogen-bond donors (Lipinski definition) is 1. The Kier molecular flexibility index (Phi) is 4.67. The molecule has 0 saturated carbocycles. The first-order valence-corrected chi connectivity index (χ1v) is 8.49. The Morgan fingerprint density at radius 1 is 1.08 bits per heavy atom. The van der Waals surface area contributed by atoms with Gasteiger partial charge in [0.15, 0.2) is 0 Å². The van der Waals surface area contributed by atoms with Crippen molar-refractivity contribution in [3.8, 4) is 0 Å². The maximum Gasteiger partial charge on any atom is 0.313 e. The Bertz CT molecular complexity index is 771. The van der Waals surface area contributed by atoms with E-state index in [0.29, 0.717) is 5.69 Å². The maximum atomic E-state index is 12.5. The van der Waals surface area contributed by atoms with E-state index in [-0.39, 0.29) is 38.0 Å². The van der Waals surface area contributed by atoms with Crippen molar-refractivity contribution in [1.82, 2.24) is 14.7 Å². The summed E-state index contributed by atoms with van der Waals surface area (Å²) in [4.78, 5) is 53.4. The van der Waals surface area contributed by atoms with Gasteiger partial charge in [-0.15, -0.1) is 0 Å². The third kappa shape index (κ3) is 3.40. The van der Waals surface area contributed by atoms with Crippen molar-refractivity contribution in [3.63, 3.8) is 0 Å². The molecule has 138 valence electrons. The van der Waals surface area contributed by atoms with Crippen molar-refractivity contribution in [2.24, 2.45) is 0 Å². The van der Waals surface area contributed by atoms with Crippen LogP contribution >= 0.6 is 0 Å². The van der Waals surface area contributed by atoms with E-state index in [9.17, 15) is 19.2 Å². The highest BCUT2D eigenvalue weighted by molar-refractivity contribution is 6.39. The number of piperazine rings is 2. The van der Waals surface area contributed by atoms with Crippen molar-refractivity contribution in [1.29, 1.82) is 0 Å². The number of carbonyl (C=O) groups is 4. The molecule has 2 heterocycles. The number of amides is 4. The first-order chi connectivity index (χ1) is 12.3. The van der Waals surface area contributed by atoms with E-state index >= 15 is 0 Å². The van der Waals surface area contributed by atoms with Crippen LogP contribution in [0.4, 0.5) is 5.69 Å². The van der Waals surface area contributed by atoms with Crippen LogP contribution in [0.2, 0.25) is 0 Å². The molecule has 4 amide bonds. The number of benzene rings is 1. The van der Waals surface area contributed by atoms with E-state index < -0.39 is 17.9 Å². The van der Waals surface area contributed by atoms with Gasteiger partial charge in [-0.25, -0.2) is 0 Å². The number of carbonyl (C=O) groups excluding carboxylic acids is 4. The zero-order valence-electron chi connectivity index (χ0n) is 15.1. The Labute approximate surface area is 151 Å². The highest BCUT2D eigenvalue weighted by atomic mass is 16.2. The molecular weight excluding hydrogens is 336 g/mol. The van der Waals surface area contributed by atoms with E-state index in [1.165, 1.54) is 14.7 Å². The summed E-state index contributed by atoms with van der Waals surface area (Å²) in [6.07, 6.45) is 0. The Hall–Kier alpha value is -2.90. The minimum atomic E-state index is -0.744. The largest absolute Gasteiger partial charge is 0.335 e. The fraction of sp³-hybridized carbons (Fsp3) is 0.444. The minimum Gasteiger partial charge on any atom is -0.335 e. The standard InChI is InChI=1S/C18H22N4O4/c1-11-6-12(2)8-13(7-11)19-16(24)18(26)21-4-5-22-14(9-21)17(25)20(3)10-15(22)23/h6-8,14H,4-5,9-10H2,1-3H3,(H,19,24)/t14-/m1/s1. The van der Waals surface area contributed by atoms with Crippen molar-refractivity contribution in [3.05, 3.63) is 29.3 Å². The molecule has 2 aliphatic rings. The average molecular weight is 358 g/mol. The molecule has 8 heteroatoms. The molecule has 0 radical (unpaired) electrons.